The molecule has 0 aliphatic rings. The van der Waals surface area contributed by atoms with Crippen LogP contribution in [0.2, 0.25) is 0 Å². The zero-order valence-electron chi connectivity index (χ0n) is 4.44. The molecule has 0 atom stereocenters. The molecule has 0 saturated heterocycles. The SMILES string of the molecule is CCOCC[O][Zr]. The van der Waals surface area contributed by atoms with Crippen LogP contribution in [0.4, 0.5) is 0 Å². The maximum atomic E-state index is 4.96. The first-order chi connectivity index (χ1) is 3.41. The first-order valence-corrected chi connectivity index (χ1v) is 3.28. The van der Waals surface area contributed by atoms with Crippen molar-refractivity contribution in [1.82, 2.24) is 0 Å². The third-order valence-corrected chi connectivity index (χ3v) is 1.04. The van der Waals surface area contributed by atoms with E-state index in [4.69, 9.17) is 7.55 Å². The summed E-state index contributed by atoms with van der Waals surface area (Å²) in [5.41, 5.74) is 0. The van der Waals surface area contributed by atoms with Gasteiger partial charge in [-0.15, -0.1) is 0 Å². The summed E-state index contributed by atoms with van der Waals surface area (Å²) in [5.74, 6) is 0. The van der Waals surface area contributed by atoms with Crippen LogP contribution in [0.5, 0.6) is 0 Å². The molecule has 3 heteroatoms. The van der Waals surface area contributed by atoms with Crippen molar-refractivity contribution in [3.63, 3.8) is 0 Å². The van der Waals surface area contributed by atoms with Gasteiger partial charge in [0.05, 0.1) is 0 Å². The minimum absolute atomic E-state index is 0.738. The van der Waals surface area contributed by atoms with Gasteiger partial charge in [0.2, 0.25) is 0 Å². The number of hydrogen-bond acceptors (Lipinski definition) is 2. The van der Waals surface area contributed by atoms with Crippen LogP contribution in [-0.4, -0.2) is 19.8 Å². The monoisotopic (exact) mass is 179 g/mol. The molecule has 0 amide bonds. The summed E-state index contributed by atoms with van der Waals surface area (Å²) in [6.45, 7) is 4.25. The molecular weight excluding hydrogens is 171 g/mol. The van der Waals surface area contributed by atoms with Gasteiger partial charge in [-0.05, 0) is 0 Å². The van der Waals surface area contributed by atoms with Crippen LogP contribution in [0, 0.1) is 0 Å². The molecule has 0 aliphatic carbocycles. The van der Waals surface area contributed by atoms with Gasteiger partial charge in [-0.1, -0.05) is 0 Å². The first kappa shape index (κ1) is 7.80. The van der Waals surface area contributed by atoms with Gasteiger partial charge in [-0.25, -0.2) is 0 Å². The maximum absolute atomic E-state index is 4.96. The first-order valence-electron chi connectivity index (χ1n) is 2.28. The molecule has 41 valence electrons. The standard InChI is InChI=1S/C4H9O2.Zr/c1-2-6-4-3-5;/h2-4H2,1H3;/q-1;+1. The average Bonchev–Trinajstić information content (AvgIpc) is 1.69. The summed E-state index contributed by atoms with van der Waals surface area (Å²) >= 11 is 1.12. The molecule has 0 unspecified atom stereocenters. The van der Waals surface area contributed by atoms with Crippen molar-refractivity contribution in [2.75, 3.05) is 19.8 Å². The Balaban J connectivity index is 2.45. The van der Waals surface area contributed by atoms with E-state index in [1.807, 2.05) is 6.92 Å². The number of rotatable bonds is 4. The Bertz CT molecular complexity index is 28.9. The zero-order valence-corrected chi connectivity index (χ0v) is 6.90. The summed E-state index contributed by atoms with van der Waals surface area (Å²) in [7, 11) is 0. The van der Waals surface area contributed by atoms with Crippen LogP contribution in [0.15, 0.2) is 0 Å². The van der Waals surface area contributed by atoms with Crippen molar-refractivity contribution in [3.8, 4) is 0 Å². The Hall–Kier alpha value is 0.803. The van der Waals surface area contributed by atoms with E-state index < -0.39 is 0 Å². The van der Waals surface area contributed by atoms with E-state index in [-0.39, 0.29) is 0 Å². The fraction of sp³-hybridized carbons (Fsp3) is 1.00. The molecule has 2 nitrogen and oxygen atoms in total. The second kappa shape index (κ2) is 6.80. The Morgan fingerprint density at radius 2 is 2.14 bits per heavy atom. The molecule has 0 radical (unpaired) electrons. The van der Waals surface area contributed by atoms with E-state index in [1.54, 1.807) is 0 Å². The molecular formula is C4H9O2Zr. The molecule has 0 aliphatic heterocycles. The zero-order chi connectivity index (χ0) is 5.54. The van der Waals surface area contributed by atoms with Gasteiger partial charge in [0.15, 0.2) is 0 Å². The van der Waals surface area contributed by atoms with Crippen molar-refractivity contribution in [2.24, 2.45) is 0 Å². The second-order valence-corrected chi connectivity index (χ2v) is 1.75. The fourth-order valence-electron chi connectivity index (χ4n) is 0.245. The van der Waals surface area contributed by atoms with Gasteiger partial charge in [-0.3, -0.25) is 0 Å². The number of hydrogen-bond donors (Lipinski definition) is 0. The molecule has 0 spiro atoms. The van der Waals surface area contributed by atoms with Crippen LogP contribution >= 0.6 is 0 Å². The third kappa shape index (κ3) is 6.80. The Labute approximate surface area is 59.7 Å². The normalized spacial score (nSPS) is 9.14. The van der Waals surface area contributed by atoms with E-state index in [9.17, 15) is 0 Å². The molecule has 0 rings (SSSR count). The van der Waals surface area contributed by atoms with Gasteiger partial charge in [0.25, 0.3) is 0 Å². The molecule has 0 aromatic heterocycles. The van der Waals surface area contributed by atoms with E-state index >= 15 is 0 Å². The molecule has 0 bridgehead atoms. The van der Waals surface area contributed by atoms with Crippen molar-refractivity contribution in [1.29, 1.82) is 0 Å². The summed E-state index contributed by atoms with van der Waals surface area (Å²) in [6, 6.07) is 0. The summed E-state index contributed by atoms with van der Waals surface area (Å²) in [5, 5.41) is 0. The molecule has 0 fully saturated rings. The predicted octanol–water partition coefficient (Wildman–Crippen LogP) is 0.501. The molecule has 0 N–H and O–H groups in total. The summed E-state index contributed by atoms with van der Waals surface area (Å²) in [6.07, 6.45) is 0. The van der Waals surface area contributed by atoms with Crippen molar-refractivity contribution in [2.45, 2.75) is 6.92 Å². The fourth-order valence-corrected chi connectivity index (χ4v) is 0.450. The predicted molar refractivity (Wildman–Crippen MR) is 22.4 cm³/mol. The van der Waals surface area contributed by atoms with Gasteiger partial charge in [0.1, 0.15) is 0 Å². The minimum atomic E-state index is 0.738. The third-order valence-electron chi connectivity index (χ3n) is 0.534. The Morgan fingerprint density at radius 3 is 2.57 bits per heavy atom. The van der Waals surface area contributed by atoms with Crippen LogP contribution < -0.4 is 0 Å². The molecule has 0 aromatic rings. The Morgan fingerprint density at radius 1 is 1.43 bits per heavy atom. The second-order valence-electron chi connectivity index (χ2n) is 1.05. The van der Waals surface area contributed by atoms with E-state index in [0.717, 1.165) is 45.0 Å². The summed E-state index contributed by atoms with van der Waals surface area (Å²) < 4.78 is 9.77. The molecule has 0 aromatic carbocycles. The van der Waals surface area contributed by atoms with Crippen LogP contribution in [0.25, 0.3) is 0 Å². The van der Waals surface area contributed by atoms with E-state index in [0.29, 0.717) is 0 Å². The van der Waals surface area contributed by atoms with Gasteiger partial charge in [0, 0.05) is 0 Å². The average molecular weight is 180 g/mol. The summed E-state index contributed by atoms with van der Waals surface area (Å²) in [4.78, 5) is 0. The molecule has 0 saturated carbocycles. The Kier molecular flexibility index (Phi) is 7.58. The van der Waals surface area contributed by atoms with Gasteiger partial charge < -0.3 is 0 Å². The molecule has 0 heterocycles. The van der Waals surface area contributed by atoms with Crippen LogP contribution in [0.1, 0.15) is 6.92 Å². The van der Waals surface area contributed by atoms with Crippen LogP contribution in [0.3, 0.4) is 0 Å². The van der Waals surface area contributed by atoms with Crippen LogP contribution in [-0.2, 0) is 32.7 Å². The van der Waals surface area contributed by atoms with Crippen molar-refractivity contribution >= 4 is 0 Å². The molecule has 7 heavy (non-hydrogen) atoms. The van der Waals surface area contributed by atoms with Crippen molar-refractivity contribution < 1.29 is 32.7 Å². The van der Waals surface area contributed by atoms with Gasteiger partial charge in [-0.2, -0.15) is 0 Å². The quantitative estimate of drug-likeness (QED) is 0.587. The van der Waals surface area contributed by atoms with E-state index in [2.05, 4.69) is 0 Å². The number of ether oxygens (including phenoxy) is 1. The van der Waals surface area contributed by atoms with Gasteiger partial charge >= 0.3 is 59.5 Å². The van der Waals surface area contributed by atoms with E-state index in [1.165, 1.54) is 0 Å². The van der Waals surface area contributed by atoms with Crippen molar-refractivity contribution in [3.05, 3.63) is 0 Å². The topological polar surface area (TPSA) is 18.5 Å².